The minimum Gasteiger partial charge on any atom is -0.479 e. The SMILES string of the molecule is COc1ncnn2ccc(-c3cnc4nc(C)n(Cc5cccc(F)c5)c4c3)c12. The molecule has 0 unspecified atom stereocenters. The summed E-state index contributed by atoms with van der Waals surface area (Å²) in [5, 5.41) is 4.24. The highest BCUT2D eigenvalue weighted by Crippen LogP contribution is 2.31. The van der Waals surface area contributed by atoms with Crippen LogP contribution >= 0.6 is 0 Å². The third kappa shape index (κ3) is 2.89. The van der Waals surface area contributed by atoms with Crippen molar-refractivity contribution in [3.63, 3.8) is 0 Å². The summed E-state index contributed by atoms with van der Waals surface area (Å²) in [4.78, 5) is 13.3. The van der Waals surface area contributed by atoms with E-state index in [1.165, 1.54) is 18.5 Å². The minimum absolute atomic E-state index is 0.254. The molecule has 7 nitrogen and oxygen atoms in total. The quantitative estimate of drug-likeness (QED) is 0.470. The Kier molecular flexibility index (Phi) is 3.97. The lowest BCUT2D eigenvalue weighted by atomic mass is 10.1. The van der Waals surface area contributed by atoms with E-state index in [2.05, 4.69) is 20.1 Å². The van der Waals surface area contributed by atoms with E-state index in [0.717, 1.165) is 33.5 Å². The first-order valence-electron chi connectivity index (χ1n) is 9.08. The lowest BCUT2D eigenvalue weighted by Gasteiger charge is -2.08. The smallest absolute Gasteiger partial charge is 0.241 e. The zero-order valence-electron chi connectivity index (χ0n) is 15.9. The van der Waals surface area contributed by atoms with Crippen molar-refractivity contribution < 1.29 is 9.13 Å². The Hall–Kier alpha value is -3.81. The molecule has 5 rings (SSSR count). The number of aryl methyl sites for hydroxylation is 1. The van der Waals surface area contributed by atoms with Crippen molar-refractivity contribution in [3.8, 4) is 17.0 Å². The third-order valence-corrected chi connectivity index (χ3v) is 4.95. The average Bonchev–Trinajstić information content (AvgIpc) is 3.29. The fraction of sp³-hybridized carbons (Fsp3) is 0.143. The van der Waals surface area contributed by atoms with E-state index < -0.39 is 0 Å². The van der Waals surface area contributed by atoms with Crippen LogP contribution in [0.1, 0.15) is 11.4 Å². The van der Waals surface area contributed by atoms with Gasteiger partial charge in [-0.25, -0.2) is 18.9 Å². The third-order valence-electron chi connectivity index (χ3n) is 4.95. The predicted molar refractivity (Wildman–Crippen MR) is 106 cm³/mol. The molecule has 0 spiro atoms. The zero-order valence-corrected chi connectivity index (χ0v) is 15.9. The molecule has 0 fully saturated rings. The Bertz CT molecular complexity index is 1360. The summed E-state index contributed by atoms with van der Waals surface area (Å²) in [6, 6.07) is 10.6. The van der Waals surface area contributed by atoms with Crippen molar-refractivity contribution in [2.75, 3.05) is 7.11 Å². The topological polar surface area (TPSA) is 70.1 Å². The maximum Gasteiger partial charge on any atom is 0.241 e. The van der Waals surface area contributed by atoms with Crippen LogP contribution in [0.15, 0.2) is 55.1 Å². The van der Waals surface area contributed by atoms with Crippen molar-refractivity contribution in [1.29, 1.82) is 0 Å². The molecule has 0 bridgehead atoms. The van der Waals surface area contributed by atoms with Gasteiger partial charge in [0.2, 0.25) is 5.88 Å². The molecule has 0 saturated carbocycles. The monoisotopic (exact) mass is 388 g/mol. The van der Waals surface area contributed by atoms with Gasteiger partial charge >= 0.3 is 0 Å². The number of hydrogen-bond acceptors (Lipinski definition) is 5. The van der Waals surface area contributed by atoms with Crippen LogP contribution in [0.25, 0.3) is 27.8 Å². The van der Waals surface area contributed by atoms with E-state index in [0.29, 0.717) is 18.1 Å². The van der Waals surface area contributed by atoms with E-state index in [9.17, 15) is 4.39 Å². The summed E-state index contributed by atoms with van der Waals surface area (Å²) in [6.45, 7) is 2.43. The number of ether oxygens (including phenoxy) is 1. The Morgan fingerprint density at radius 2 is 2.03 bits per heavy atom. The number of hydrogen-bond donors (Lipinski definition) is 0. The lowest BCUT2D eigenvalue weighted by Crippen LogP contribution is -2.02. The molecule has 0 amide bonds. The summed E-state index contributed by atoms with van der Waals surface area (Å²) in [6.07, 6.45) is 5.09. The second-order valence-electron chi connectivity index (χ2n) is 6.73. The average molecular weight is 388 g/mol. The number of pyridine rings is 1. The molecule has 0 aliphatic heterocycles. The minimum atomic E-state index is -0.254. The van der Waals surface area contributed by atoms with Gasteiger partial charge in [-0.15, -0.1) is 0 Å². The molecule has 0 aliphatic rings. The molecule has 4 aromatic heterocycles. The van der Waals surface area contributed by atoms with Gasteiger partial charge in [-0.3, -0.25) is 0 Å². The number of fused-ring (bicyclic) bond motifs is 2. The van der Waals surface area contributed by atoms with Crippen molar-refractivity contribution in [2.24, 2.45) is 0 Å². The first-order valence-corrected chi connectivity index (χ1v) is 9.08. The van der Waals surface area contributed by atoms with Crippen LogP contribution in [0.3, 0.4) is 0 Å². The first-order chi connectivity index (χ1) is 14.1. The van der Waals surface area contributed by atoms with Gasteiger partial charge in [0.15, 0.2) is 5.65 Å². The van der Waals surface area contributed by atoms with Gasteiger partial charge in [0, 0.05) is 30.1 Å². The summed E-state index contributed by atoms with van der Waals surface area (Å²) in [5.74, 6) is 1.05. The van der Waals surface area contributed by atoms with Crippen molar-refractivity contribution in [2.45, 2.75) is 13.5 Å². The molecule has 29 heavy (non-hydrogen) atoms. The van der Waals surface area contributed by atoms with Gasteiger partial charge in [-0.2, -0.15) is 10.1 Å². The van der Waals surface area contributed by atoms with E-state index >= 15 is 0 Å². The number of rotatable bonds is 4. The largest absolute Gasteiger partial charge is 0.479 e. The number of aromatic nitrogens is 6. The Labute approximate surface area is 165 Å². The number of imidazole rings is 1. The van der Waals surface area contributed by atoms with Gasteiger partial charge < -0.3 is 9.30 Å². The van der Waals surface area contributed by atoms with Gasteiger partial charge in [0.05, 0.1) is 12.6 Å². The van der Waals surface area contributed by atoms with Gasteiger partial charge in [0.1, 0.15) is 23.5 Å². The maximum atomic E-state index is 13.6. The van der Waals surface area contributed by atoms with Gasteiger partial charge in [-0.05, 0) is 36.8 Å². The molecule has 8 heteroatoms. The van der Waals surface area contributed by atoms with Crippen molar-refractivity contribution in [3.05, 3.63) is 72.3 Å². The fourth-order valence-corrected chi connectivity index (χ4v) is 3.59. The molecule has 0 atom stereocenters. The normalized spacial score (nSPS) is 11.4. The summed E-state index contributed by atoms with van der Waals surface area (Å²) >= 11 is 0. The molecule has 4 heterocycles. The lowest BCUT2D eigenvalue weighted by molar-refractivity contribution is 0.399. The second kappa shape index (κ2) is 6.66. The van der Waals surface area contributed by atoms with Crippen LogP contribution in [0.5, 0.6) is 5.88 Å². The summed E-state index contributed by atoms with van der Waals surface area (Å²) in [5.41, 5.74) is 4.96. The molecule has 5 aromatic rings. The number of halogens is 1. The molecule has 0 radical (unpaired) electrons. The predicted octanol–water partition coefficient (Wildman–Crippen LogP) is 3.65. The highest BCUT2D eigenvalue weighted by atomic mass is 19.1. The van der Waals surface area contributed by atoms with E-state index in [4.69, 9.17) is 4.74 Å². The number of nitrogens with zero attached hydrogens (tertiary/aromatic N) is 6. The highest BCUT2D eigenvalue weighted by molar-refractivity contribution is 5.87. The Balaban J connectivity index is 1.66. The van der Waals surface area contributed by atoms with Gasteiger partial charge in [-0.1, -0.05) is 12.1 Å². The Morgan fingerprint density at radius 1 is 1.14 bits per heavy atom. The molecule has 0 N–H and O–H groups in total. The molecule has 144 valence electrons. The van der Waals surface area contributed by atoms with Crippen molar-refractivity contribution in [1.82, 2.24) is 29.1 Å². The summed E-state index contributed by atoms with van der Waals surface area (Å²) < 4.78 is 22.8. The van der Waals surface area contributed by atoms with Crippen LogP contribution in [0.2, 0.25) is 0 Å². The fourth-order valence-electron chi connectivity index (χ4n) is 3.59. The van der Waals surface area contributed by atoms with Crippen molar-refractivity contribution >= 4 is 16.7 Å². The first kappa shape index (κ1) is 17.3. The highest BCUT2D eigenvalue weighted by Gasteiger charge is 2.16. The van der Waals surface area contributed by atoms with Crippen LogP contribution in [0.4, 0.5) is 4.39 Å². The van der Waals surface area contributed by atoms with Crippen LogP contribution in [0, 0.1) is 12.7 Å². The van der Waals surface area contributed by atoms with Crippen LogP contribution in [-0.2, 0) is 6.54 Å². The van der Waals surface area contributed by atoms with E-state index in [1.54, 1.807) is 23.9 Å². The standard InChI is InChI=1S/C21H17FN6O/c1-13-26-20-18(27(13)11-14-4-3-5-16(22)8-14)9-15(10-23-20)17-6-7-28-19(17)21(29-2)24-12-25-28/h3-10,12H,11H2,1-2H3. The zero-order chi connectivity index (χ0) is 20.0. The van der Waals surface area contributed by atoms with E-state index in [1.807, 2.05) is 35.9 Å². The second-order valence-corrected chi connectivity index (χ2v) is 6.73. The van der Waals surface area contributed by atoms with Crippen LogP contribution < -0.4 is 4.74 Å². The molecule has 1 aromatic carbocycles. The molecular formula is C21H17FN6O. The Morgan fingerprint density at radius 3 is 2.86 bits per heavy atom. The number of benzene rings is 1. The van der Waals surface area contributed by atoms with E-state index in [-0.39, 0.29) is 5.82 Å². The van der Waals surface area contributed by atoms with Gasteiger partial charge in [0.25, 0.3) is 0 Å². The van der Waals surface area contributed by atoms with Crippen LogP contribution in [-0.4, -0.2) is 36.2 Å². The molecular weight excluding hydrogens is 371 g/mol. The number of methoxy groups -OCH3 is 1. The molecule has 0 saturated heterocycles. The summed E-state index contributed by atoms with van der Waals surface area (Å²) in [7, 11) is 1.58. The molecule has 0 aliphatic carbocycles. The maximum absolute atomic E-state index is 13.6.